The Kier molecular flexibility index (Phi) is 3.91. The number of para-hydroxylation sites is 1. The third-order valence-electron chi connectivity index (χ3n) is 3.25. The molecule has 1 aromatic carbocycles. The van der Waals surface area contributed by atoms with Crippen LogP contribution in [0.15, 0.2) is 18.2 Å². The van der Waals surface area contributed by atoms with Crippen LogP contribution in [-0.2, 0) is 4.74 Å². The molecule has 0 aliphatic heterocycles. The van der Waals surface area contributed by atoms with E-state index in [1.165, 1.54) is 7.11 Å². The highest BCUT2D eigenvalue weighted by atomic mass is 16.5. The van der Waals surface area contributed by atoms with Crippen LogP contribution in [0.5, 0.6) is 0 Å². The fraction of sp³-hybridized carbons (Fsp3) is 0.429. The molecule has 100 valence electrons. The van der Waals surface area contributed by atoms with E-state index >= 15 is 0 Å². The molecule has 19 heavy (non-hydrogen) atoms. The van der Waals surface area contributed by atoms with Crippen molar-refractivity contribution in [3.05, 3.63) is 23.8 Å². The Labute approximate surface area is 112 Å². The van der Waals surface area contributed by atoms with Crippen molar-refractivity contribution >= 4 is 17.3 Å². The molecule has 0 unspecified atom stereocenters. The van der Waals surface area contributed by atoms with Gasteiger partial charge in [0.15, 0.2) is 0 Å². The Morgan fingerprint density at radius 3 is 2.89 bits per heavy atom. The highest BCUT2D eigenvalue weighted by Crippen LogP contribution is 2.36. The van der Waals surface area contributed by atoms with Gasteiger partial charge in [-0.15, -0.1) is 0 Å². The van der Waals surface area contributed by atoms with Gasteiger partial charge in [-0.1, -0.05) is 6.07 Å². The highest BCUT2D eigenvalue weighted by Gasteiger charge is 2.30. The minimum Gasteiger partial charge on any atom is -0.465 e. The van der Waals surface area contributed by atoms with Crippen molar-refractivity contribution in [1.82, 2.24) is 0 Å². The van der Waals surface area contributed by atoms with Gasteiger partial charge in [0.05, 0.1) is 36.5 Å². The molecule has 2 rings (SSSR count). The van der Waals surface area contributed by atoms with E-state index in [0.717, 1.165) is 18.5 Å². The Bertz CT molecular complexity index is 518. The minimum absolute atomic E-state index is 0.377. The van der Waals surface area contributed by atoms with Crippen molar-refractivity contribution in [3.8, 4) is 6.07 Å². The lowest BCUT2D eigenvalue weighted by molar-refractivity contribution is 0.0602. The molecular formula is C14H17N3O2. The van der Waals surface area contributed by atoms with Crippen LogP contribution in [0, 0.1) is 11.3 Å². The van der Waals surface area contributed by atoms with Gasteiger partial charge in [0.1, 0.15) is 0 Å². The minimum atomic E-state index is -0.435. The lowest BCUT2D eigenvalue weighted by Gasteiger charge is -2.25. The number of hydrogen-bond acceptors (Lipinski definition) is 5. The van der Waals surface area contributed by atoms with Gasteiger partial charge in [0.25, 0.3) is 0 Å². The lowest BCUT2D eigenvalue weighted by Crippen LogP contribution is -2.28. The molecule has 1 aromatic rings. The van der Waals surface area contributed by atoms with Gasteiger partial charge in [-0.2, -0.15) is 5.26 Å². The van der Waals surface area contributed by atoms with E-state index in [9.17, 15) is 4.79 Å². The van der Waals surface area contributed by atoms with E-state index in [1.807, 2.05) is 6.07 Å². The number of rotatable bonds is 5. The molecule has 5 heteroatoms. The van der Waals surface area contributed by atoms with E-state index in [2.05, 4.69) is 11.0 Å². The van der Waals surface area contributed by atoms with E-state index < -0.39 is 5.97 Å². The zero-order chi connectivity index (χ0) is 13.8. The SMILES string of the molecule is COC(=O)c1cccc(N(CCC#N)C2CC2)c1N. The van der Waals surface area contributed by atoms with Crippen LogP contribution in [0.25, 0.3) is 0 Å². The van der Waals surface area contributed by atoms with Crippen LogP contribution >= 0.6 is 0 Å². The van der Waals surface area contributed by atoms with Crippen LogP contribution in [0.3, 0.4) is 0 Å². The normalized spacial score (nSPS) is 13.7. The van der Waals surface area contributed by atoms with Crippen molar-refractivity contribution in [3.63, 3.8) is 0 Å². The molecule has 0 saturated heterocycles. The van der Waals surface area contributed by atoms with Crippen LogP contribution in [0.2, 0.25) is 0 Å². The number of hydrogen-bond donors (Lipinski definition) is 1. The molecule has 0 amide bonds. The Morgan fingerprint density at radius 2 is 2.32 bits per heavy atom. The maximum Gasteiger partial charge on any atom is 0.340 e. The summed E-state index contributed by atoms with van der Waals surface area (Å²) in [6.45, 7) is 0.635. The number of ether oxygens (including phenoxy) is 1. The van der Waals surface area contributed by atoms with E-state index in [1.54, 1.807) is 12.1 Å². The van der Waals surface area contributed by atoms with Gasteiger partial charge in [-0.25, -0.2) is 4.79 Å². The zero-order valence-electron chi connectivity index (χ0n) is 10.9. The zero-order valence-corrected chi connectivity index (χ0v) is 10.9. The number of benzene rings is 1. The molecule has 0 spiro atoms. The molecule has 2 N–H and O–H groups in total. The molecular weight excluding hydrogens is 242 g/mol. The van der Waals surface area contributed by atoms with E-state index in [-0.39, 0.29) is 0 Å². The topological polar surface area (TPSA) is 79.3 Å². The second-order valence-corrected chi connectivity index (χ2v) is 4.56. The fourth-order valence-electron chi connectivity index (χ4n) is 2.15. The standard InChI is InChI=1S/C14H17N3O2/c1-19-14(18)11-4-2-5-12(13(11)16)17(9-3-8-15)10-6-7-10/h2,4-5,10H,3,6-7,9,16H2,1H3. The van der Waals surface area contributed by atoms with Gasteiger partial charge < -0.3 is 15.4 Å². The maximum absolute atomic E-state index is 11.6. The highest BCUT2D eigenvalue weighted by molar-refractivity contribution is 5.98. The number of anilines is 2. The molecule has 1 saturated carbocycles. The lowest BCUT2D eigenvalue weighted by atomic mass is 10.1. The first-order chi connectivity index (χ1) is 9.19. The summed E-state index contributed by atoms with van der Waals surface area (Å²) in [5, 5.41) is 8.73. The Balaban J connectivity index is 2.32. The second-order valence-electron chi connectivity index (χ2n) is 4.56. The average Bonchev–Trinajstić information content (AvgIpc) is 3.24. The van der Waals surface area contributed by atoms with Crippen molar-refractivity contribution < 1.29 is 9.53 Å². The van der Waals surface area contributed by atoms with E-state index in [0.29, 0.717) is 30.3 Å². The summed E-state index contributed by atoms with van der Waals surface area (Å²) in [5.74, 6) is -0.435. The number of nitrogens with two attached hydrogens (primary N) is 1. The molecule has 1 fully saturated rings. The van der Waals surface area contributed by atoms with Gasteiger partial charge in [0.2, 0.25) is 0 Å². The largest absolute Gasteiger partial charge is 0.465 e. The van der Waals surface area contributed by atoms with Gasteiger partial charge in [-0.3, -0.25) is 0 Å². The van der Waals surface area contributed by atoms with Gasteiger partial charge in [0, 0.05) is 12.6 Å². The summed E-state index contributed by atoms with van der Waals surface area (Å²) >= 11 is 0. The number of methoxy groups -OCH3 is 1. The summed E-state index contributed by atoms with van der Waals surface area (Å²) in [6, 6.07) is 7.91. The van der Waals surface area contributed by atoms with Gasteiger partial charge in [-0.05, 0) is 25.0 Å². The molecule has 0 heterocycles. The van der Waals surface area contributed by atoms with Crippen LogP contribution in [0.1, 0.15) is 29.6 Å². The number of nitrogen functional groups attached to an aromatic ring is 1. The summed E-state index contributed by atoms with van der Waals surface area (Å²) in [7, 11) is 1.34. The third kappa shape index (κ3) is 2.79. The maximum atomic E-state index is 11.6. The van der Waals surface area contributed by atoms with Crippen LogP contribution < -0.4 is 10.6 Å². The van der Waals surface area contributed by atoms with Crippen molar-refractivity contribution in [1.29, 1.82) is 5.26 Å². The predicted octanol–water partition coefficient (Wildman–Crippen LogP) is 1.94. The molecule has 1 aliphatic carbocycles. The van der Waals surface area contributed by atoms with Gasteiger partial charge >= 0.3 is 5.97 Å². The number of esters is 1. The number of nitriles is 1. The number of carbonyl (C=O) groups is 1. The summed E-state index contributed by atoms with van der Waals surface area (Å²) in [6.07, 6.45) is 2.65. The first-order valence-electron chi connectivity index (χ1n) is 6.29. The van der Waals surface area contributed by atoms with Crippen molar-refractivity contribution in [2.75, 3.05) is 24.3 Å². The predicted molar refractivity (Wildman–Crippen MR) is 72.8 cm³/mol. The summed E-state index contributed by atoms with van der Waals surface area (Å²) in [5.41, 5.74) is 7.70. The molecule has 0 aromatic heterocycles. The molecule has 0 atom stereocenters. The Morgan fingerprint density at radius 1 is 1.58 bits per heavy atom. The van der Waals surface area contributed by atoms with Crippen molar-refractivity contribution in [2.24, 2.45) is 0 Å². The monoisotopic (exact) mass is 259 g/mol. The summed E-state index contributed by atoms with van der Waals surface area (Å²) < 4.78 is 4.72. The molecule has 0 bridgehead atoms. The number of nitrogens with zero attached hydrogens (tertiary/aromatic N) is 2. The average molecular weight is 259 g/mol. The van der Waals surface area contributed by atoms with Crippen molar-refractivity contribution in [2.45, 2.75) is 25.3 Å². The molecule has 1 aliphatic rings. The third-order valence-corrected chi connectivity index (χ3v) is 3.25. The fourth-order valence-corrected chi connectivity index (χ4v) is 2.15. The molecule has 5 nitrogen and oxygen atoms in total. The second kappa shape index (κ2) is 5.61. The quantitative estimate of drug-likeness (QED) is 0.645. The number of carbonyl (C=O) groups excluding carboxylic acids is 1. The molecule has 0 radical (unpaired) electrons. The smallest absolute Gasteiger partial charge is 0.340 e. The van der Waals surface area contributed by atoms with Crippen LogP contribution in [-0.4, -0.2) is 25.7 Å². The van der Waals surface area contributed by atoms with Crippen LogP contribution in [0.4, 0.5) is 11.4 Å². The Hall–Kier alpha value is -2.22. The summed E-state index contributed by atoms with van der Waals surface area (Å²) in [4.78, 5) is 13.8. The first-order valence-corrected chi connectivity index (χ1v) is 6.29. The first kappa shape index (κ1) is 13.2. The van der Waals surface area contributed by atoms with E-state index in [4.69, 9.17) is 15.7 Å².